The van der Waals surface area contributed by atoms with Crippen LogP contribution in [-0.4, -0.2) is 31.7 Å². The molecule has 0 aliphatic carbocycles. The number of rotatable bonds is 3. The summed E-state index contributed by atoms with van der Waals surface area (Å²) < 4.78 is 0.439. The van der Waals surface area contributed by atoms with Gasteiger partial charge < -0.3 is 5.11 Å². The molecule has 6 nitrogen and oxygen atoms in total. The topological polar surface area (TPSA) is 83.7 Å². The van der Waals surface area contributed by atoms with E-state index in [-0.39, 0.29) is 11.5 Å². The number of amides is 1. The van der Waals surface area contributed by atoms with E-state index in [4.69, 9.17) is 12.2 Å². The van der Waals surface area contributed by atoms with Gasteiger partial charge in [0.05, 0.1) is 9.83 Å². The summed E-state index contributed by atoms with van der Waals surface area (Å²) in [4.78, 5) is 23.9. The van der Waals surface area contributed by atoms with Gasteiger partial charge in [-0.3, -0.25) is 19.8 Å². The minimum absolute atomic E-state index is 0.218. The number of nitro benzene ring substituents is 1. The minimum atomic E-state index is -0.677. The fraction of sp³-hybridized carbons (Fsp3) is 0.167. The lowest BCUT2D eigenvalue weighted by atomic mass is 10.1. The van der Waals surface area contributed by atoms with Crippen molar-refractivity contribution < 1.29 is 14.8 Å². The van der Waals surface area contributed by atoms with Crippen molar-refractivity contribution in [3.8, 4) is 5.75 Å². The van der Waals surface area contributed by atoms with E-state index in [2.05, 4.69) is 0 Å². The van der Waals surface area contributed by atoms with Crippen molar-refractivity contribution in [2.24, 2.45) is 0 Å². The third-order valence-corrected chi connectivity index (χ3v) is 4.10. The number of phenols is 1. The van der Waals surface area contributed by atoms with Gasteiger partial charge in [-0.15, -0.1) is 0 Å². The van der Waals surface area contributed by atoms with Crippen molar-refractivity contribution in [1.82, 2.24) is 4.90 Å². The van der Waals surface area contributed by atoms with E-state index < -0.39 is 16.4 Å². The van der Waals surface area contributed by atoms with Crippen LogP contribution in [0.25, 0.3) is 6.08 Å². The maximum Gasteiger partial charge on any atom is 0.311 e. The summed E-state index contributed by atoms with van der Waals surface area (Å²) in [7, 11) is 0. The molecule has 1 fully saturated rings. The predicted molar refractivity (Wildman–Crippen MR) is 80.3 cm³/mol. The third-order valence-electron chi connectivity index (χ3n) is 2.72. The Balaban J connectivity index is 2.42. The van der Waals surface area contributed by atoms with Crippen LogP contribution in [0.15, 0.2) is 23.1 Å². The number of benzene rings is 1. The van der Waals surface area contributed by atoms with Gasteiger partial charge in [-0.1, -0.05) is 36.1 Å². The third kappa shape index (κ3) is 2.52. The lowest BCUT2D eigenvalue weighted by molar-refractivity contribution is -0.385. The summed E-state index contributed by atoms with van der Waals surface area (Å²) in [5.74, 6) is -0.715. The Morgan fingerprint density at radius 1 is 1.55 bits per heavy atom. The number of carbonyl (C=O) groups excluding carboxylic acids is 1. The van der Waals surface area contributed by atoms with E-state index in [1.165, 1.54) is 29.2 Å². The number of nitro groups is 1. The highest BCUT2D eigenvalue weighted by Crippen LogP contribution is 2.36. The molecule has 2 rings (SSSR count). The summed E-state index contributed by atoms with van der Waals surface area (Å²) in [6.07, 6.45) is 1.41. The maximum absolute atomic E-state index is 12.0. The lowest BCUT2D eigenvalue weighted by Crippen LogP contribution is -2.27. The molecule has 0 radical (unpaired) electrons. The lowest BCUT2D eigenvalue weighted by Gasteiger charge is -2.09. The van der Waals surface area contributed by atoms with Crippen molar-refractivity contribution in [3.63, 3.8) is 0 Å². The standard InChI is InChI=1S/C12H10N2O4S2/c1-2-13-11(16)9(20-12(13)19)6-7-4-3-5-8(10(7)15)14(17)18/h3-6,15H,2H2,1H3/b9-6-. The van der Waals surface area contributed by atoms with Gasteiger partial charge in [0.1, 0.15) is 4.32 Å². The number of para-hydroxylation sites is 1. The van der Waals surface area contributed by atoms with E-state index in [1.54, 1.807) is 6.92 Å². The highest BCUT2D eigenvalue weighted by atomic mass is 32.2. The first-order chi connectivity index (χ1) is 9.45. The Morgan fingerprint density at radius 2 is 2.25 bits per heavy atom. The van der Waals surface area contributed by atoms with Crippen LogP contribution >= 0.6 is 24.0 Å². The van der Waals surface area contributed by atoms with Gasteiger partial charge in [0.2, 0.25) is 5.75 Å². The highest BCUT2D eigenvalue weighted by molar-refractivity contribution is 8.26. The molecular formula is C12H10N2O4S2. The molecular weight excluding hydrogens is 300 g/mol. The normalized spacial score (nSPS) is 17.1. The smallest absolute Gasteiger partial charge is 0.311 e. The molecule has 1 saturated heterocycles. The zero-order chi connectivity index (χ0) is 14.9. The Hall–Kier alpha value is -1.93. The molecule has 0 saturated carbocycles. The largest absolute Gasteiger partial charge is 0.502 e. The fourth-order valence-electron chi connectivity index (χ4n) is 1.73. The first-order valence-corrected chi connectivity index (χ1v) is 6.90. The average Bonchev–Trinajstić information content (AvgIpc) is 2.66. The summed E-state index contributed by atoms with van der Waals surface area (Å²) >= 11 is 6.18. The van der Waals surface area contributed by atoms with Crippen molar-refractivity contribution in [2.45, 2.75) is 6.92 Å². The van der Waals surface area contributed by atoms with Crippen LogP contribution in [0, 0.1) is 10.1 Å². The second-order valence-electron chi connectivity index (χ2n) is 3.90. The number of nitrogens with zero attached hydrogens (tertiary/aromatic N) is 2. The van der Waals surface area contributed by atoms with E-state index in [0.717, 1.165) is 11.8 Å². The number of phenolic OH excluding ortho intramolecular Hbond substituents is 1. The minimum Gasteiger partial charge on any atom is -0.502 e. The van der Waals surface area contributed by atoms with Gasteiger partial charge in [-0.2, -0.15) is 0 Å². The molecule has 0 aromatic heterocycles. The zero-order valence-electron chi connectivity index (χ0n) is 10.4. The van der Waals surface area contributed by atoms with Crippen molar-refractivity contribution in [3.05, 3.63) is 38.8 Å². The second-order valence-corrected chi connectivity index (χ2v) is 5.57. The number of aromatic hydroxyl groups is 1. The summed E-state index contributed by atoms with van der Waals surface area (Å²) in [5, 5.41) is 20.6. The van der Waals surface area contributed by atoms with Crippen LogP contribution in [0.1, 0.15) is 12.5 Å². The molecule has 1 aliphatic heterocycles. The van der Waals surface area contributed by atoms with E-state index in [0.29, 0.717) is 15.8 Å². The quantitative estimate of drug-likeness (QED) is 0.400. The van der Waals surface area contributed by atoms with Gasteiger partial charge in [0.15, 0.2) is 0 Å². The molecule has 8 heteroatoms. The molecule has 1 heterocycles. The zero-order valence-corrected chi connectivity index (χ0v) is 12.0. The van der Waals surface area contributed by atoms with E-state index >= 15 is 0 Å². The Morgan fingerprint density at radius 3 is 2.80 bits per heavy atom. The molecule has 1 aromatic rings. The van der Waals surface area contributed by atoms with Crippen LogP contribution in [0.3, 0.4) is 0 Å². The van der Waals surface area contributed by atoms with Crippen molar-refractivity contribution in [1.29, 1.82) is 0 Å². The van der Waals surface area contributed by atoms with Crippen molar-refractivity contribution >= 4 is 46.0 Å². The van der Waals surface area contributed by atoms with E-state index in [9.17, 15) is 20.0 Å². The van der Waals surface area contributed by atoms with Crippen LogP contribution in [0.5, 0.6) is 5.75 Å². The first kappa shape index (κ1) is 14.5. The molecule has 1 N–H and O–H groups in total. The van der Waals surface area contributed by atoms with E-state index in [1.807, 2.05) is 0 Å². The molecule has 20 heavy (non-hydrogen) atoms. The van der Waals surface area contributed by atoms with Gasteiger partial charge >= 0.3 is 5.69 Å². The molecule has 1 amide bonds. The number of carbonyl (C=O) groups is 1. The summed E-state index contributed by atoms with van der Waals surface area (Å²) in [5.41, 5.74) is -0.180. The monoisotopic (exact) mass is 310 g/mol. The number of hydrogen-bond donors (Lipinski definition) is 1. The van der Waals surface area contributed by atoms with Crippen LogP contribution in [-0.2, 0) is 4.79 Å². The number of likely N-dealkylation sites (N-methyl/N-ethyl adjacent to an activating group) is 1. The van der Waals surface area contributed by atoms with Crippen LogP contribution < -0.4 is 0 Å². The van der Waals surface area contributed by atoms with Crippen LogP contribution in [0.4, 0.5) is 5.69 Å². The second kappa shape index (κ2) is 5.59. The average molecular weight is 310 g/mol. The van der Waals surface area contributed by atoms with Crippen LogP contribution in [0.2, 0.25) is 0 Å². The fourth-order valence-corrected chi connectivity index (χ4v) is 3.10. The summed E-state index contributed by atoms with van der Waals surface area (Å²) in [6, 6.07) is 4.15. The highest BCUT2D eigenvalue weighted by Gasteiger charge is 2.31. The Bertz CT molecular complexity index is 642. The molecule has 0 bridgehead atoms. The van der Waals surface area contributed by atoms with Gasteiger partial charge in [0, 0.05) is 18.2 Å². The SMILES string of the molecule is CCN1C(=O)/C(=C/c2cccc([N+](=O)[O-])c2O)SC1=S. The molecule has 0 atom stereocenters. The Labute approximate surface area is 124 Å². The molecule has 1 aliphatic rings. The van der Waals surface area contributed by atoms with Gasteiger partial charge in [-0.05, 0) is 13.0 Å². The molecule has 1 aromatic carbocycles. The summed E-state index contributed by atoms with van der Waals surface area (Å²) in [6.45, 7) is 2.27. The first-order valence-electron chi connectivity index (χ1n) is 5.67. The Kier molecular flexibility index (Phi) is 4.05. The van der Waals surface area contributed by atoms with Crippen molar-refractivity contribution in [2.75, 3.05) is 6.54 Å². The maximum atomic E-state index is 12.0. The predicted octanol–water partition coefficient (Wildman–Crippen LogP) is 2.52. The van der Waals surface area contributed by atoms with Gasteiger partial charge in [-0.25, -0.2) is 0 Å². The molecule has 0 unspecified atom stereocenters. The molecule has 0 spiro atoms. The van der Waals surface area contributed by atoms with Gasteiger partial charge in [0.25, 0.3) is 5.91 Å². The number of hydrogen-bond acceptors (Lipinski definition) is 6. The molecule has 104 valence electrons. The number of thioether (sulfide) groups is 1. The number of thiocarbonyl (C=S) groups is 1.